The van der Waals surface area contributed by atoms with Gasteiger partial charge >= 0.3 is 12.0 Å². The third-order valence-corrected chi connectivity index (χ3v) is 3.06. The molecule has 0 bridgehead atoms. The van der Waals surface area contributed by atoms with Crippen LogP contribution in [0.15, 0.2) is 24.4 Å². The number of rotatable bonds is 6. The fourth-order valence-corrected chi connectivity index (χ4v) is 1.92. The van der Waals surface area contributed by atoms with E-state index >= 15 is 0 Å². The maximum Gasteiger partial charge on any atom is 0.315 e. The van der Waals surface area contributed by atoms with E-state index in [0.717, 1.165) is 18.5 Å². The van der Waals surface area contributed by atoms with Gasteiger partial charge < -0.3 is 15.7 Å². The van der Waals surface area contributed by atoms with Gasteiger partial charge in [0.25, 0.3) is 0 Å². The number of carbonyl (C=O) groups is 2. The zero-order valence-corrected chi connectivity index (χ0v) is 10.5. The summed E-state index contributed by atoms with van der Waals surface area (Å²) in [5, 5.41) is 14.2. The Bertz CT molecular complexity index is 446. The molecule has 1 aliphatic rings. The highest BCUT2D eigenvalue weighted by Gasteiger charge is 2.33. The lowest BCUT2D eigenvalue weighted by Crippen LogP contribution is -2.43. The van der Waals surface area contributed by atoms with Gasteiger partial charge in [-0.1, -0.05) is 6.07 Å². The van der Waals surface area contributed by atoms with Crippen LogP contribution < -0.4 is 10.6 Å². The zero-order chi connectivity index (χ0) is 13.7. The van der Waals surface area contributed by atoms with Crippen LogP contribution in [-0.2, 0) is 11.3 Å². The Morgan fingerprint density at radius 3 is 2.79 bits per heavy atom. The molecule has 0 saturated heterocycles. The van der Waals surface area contributed by atoms with E-state index < -0.39 is 5.97 Å². The number of nitrogens with zero attached hydrogens (tertiary/aromatic N) is 1. The predicted octanol–water partition coefficient (Wildman–Crippen LogP) is 1.13. The van der Waals surface area contributed by atoms with E-state index in [2.05, 4.69) is 15.6 Å². The van der Waals surface area contributed by atoms with Crippen LogP contribution in [0.3, 0.4) is 0 Å². The van der Waals surface area contributed by atoms with Gasteiger partial charge in [-0.05, 0) is 30.9 Å². The Morgan fingerprint density at radius 1 is 1.42 bits per heavy atom. The molecule has 1 unspecified atom stereocenters. The normalized spacial score (nSPS) is 15.6. The highest BCUT2D eigenvalue weighted by atomic mass is 16.4. The van der Waals surface area contributed by atoms with Crippen molar-refractivity contribution in [2.45, 2.75) is 31.8 Å². The summed E-state index contributed by atoms with van der Waals surface area (Å²) < 4.78 is 0. The number of carbonyl (C=O) groups excluding carboxylic acids is 1. The molecule has 0 radical (unpaired) electrons. The molecule has 1 atom stereocenters. The fourth-order valence-electron chi connectivity index (χ4n) is 1.92. The highest BCUT2D eigenvalue weighted by Crippen LogP contribution is 2.33. The van der Waals surface area contributed by atoms with Crippen molar-refractivity contribution >= 4 is 12.0 Å². The van der Waals surface area contributed by atoms with Crippen LogP contribution in [0, 0.1) is 5.92 Å². The zero-order valence-electron chi connectivity index (χ0n) is 10.5. The van der Waals surface area contributed by atoms with Crippen LogP contribution in [0.1, 0.15) is 25.0 Å². The molecule has 2 rings (SSSR count). The van der Waals surface area contributed by atoms with E-state index in [1.807, 2.05) is 12.1 Å². The smallest absolute Gasteiger partial charge is 0.315 e. The van der Waals surface area contributed by atoms with E-state index in [-0.39, 0.29) is 18.5 Å². The van der Waals surface area contributed by atoms with Gasteiger partial charge in [0.05, 0.1) is 18.7 Å². The van der Waals surface area contributed by atoms with Crippen molar-refractivity contribution in [3.63, 3.8) is 0 Å². The molecule has 3 N–H and O–H groups in total. The van der Waals surface area contributed by atoms with Crippen LogP contribution in [0.2, 0.25) is 0 Å². The molecular weight excluding hydrogens is 246 g/mol. The summed E-state index contributed by atoms with van der Waals surface area (Å²) in [6.07, 6.45) is 3.60. The molecule has 1 aromatic rings. The lowest BCUT2D eigenvalue weighted by atomic mass is 10.1. The fraction of sp³-hybridized carbons (Fsp3) is 0.462. The molecule has 19 heavy (non-hydrogen) atoms. The summed E-state index contributed by atoms with van der Waals surface area (Å²) in [6, 6.07) is 4.85. The van der Waals surface area contributed by atoms with E-state index in [4.69, 9.17) is 5.11 Å². The second-order valence-corrected chi connectivity index (χ2v) is 4.69. The monoisotopic (exact) mass is 263 g/mol. The van der Waals surface area contributed by atoms with Crippen LogP contribution >= 0.6 is 0 Å². The van der Waals surface area contributed by atoms with Gasteiger partial charge in [0.2, 0.25) is 0 Å². The first-order chi connectivity index (χ1) is 9.15. The summed E-state index contributed by atoms with van der Waals surface area (Å²) >= 11 is 0. The summed E-state index contributed by atoms with van der Waals surface area (Å²) in [7, 11) is 0. The molecule has 0 aromatic carbocycles. The minimum atomic E-state index is -0.887. The summed E-state index contributed by atoms with van der Waals surface area (Å²) in [6.45, 7) is 0.330. The second kappa shape index (κ2) is 6.17. The minimum absolute atomic E-state index is 0.0261. The van der Waals surface area contributed by atoms with E-state index in [0.29, 0.717) is 12.5 Å². The number of urea groups is 1. The number of pyridine rings is 1. The lowest BCUT2D eigenvalue weighted by Gasteiger charge is -2.16. The summed E-state index contributed by atoms with van der Waals surface area (Å²) in [4.78, 5) is 26.5. The third-order valence-electron chi connectivity index (χ3n) is 3.06. The number of carboxylic acids is 1. The Balaban J connectivity index is 1.77. The molecule has 1 heterocycles. The Labute approximate surface area is 111 Å². The van der Waals surface area contributed by atoms with Crippen molar-refractivity contribution in [3.05, 3.63) is 30.1 Å². The minimum Gasteiger partial charge on any atom is -0.481 e. The topological polar surface area (TPSA) is 91.3 Å². The molecular formula is C13H17N3O3. The van der Waals surface area contributed by atoms with E-state index in [9.17, 15) is 9.59 Å². The number of carboxylic acid groups (broad SMARTS) is 1. The van der Waals surface area contributed by atoms with Crippen LogP contribution in [-0.4, -0.2) is 28.1 Å². The van der Waals surface area contributed by atoms with Gasteiger partial charge in [0, 0.05) is 12.2 Å². The van der Waals surface area contributed by atoms with E-state index in [1.54, 1.807) is 12.3 Å². The van der Waals surface area contributed by atoms with E-state index in [1.165, 1.54) is 0 Å². The molecule has 2 amide bonds. The van der Waals surface area contributed by atoms with Crippen molar-refractivity contribution < 1.29 is 14.7 Å². The molecule has 102 valence electrons. The molecule has 1 aromatic heterocycles. The number of aliphatic carboxylic acids is 1. The first kappa shape index (κ1) is 13.3. The lowest BCUT2D eigenvalue weighted by molar-refractivity contribution is -0.137. The van der Waals surface area contributed by atoms with Crippen molar-refractivity contribution in [2.24, 2.45) is 5.92 Å². The highest BCUT2D eigenvalue weighted by molar-refractivity contribution is 5.75. The third kappa shape index (κ3) is 4.57. The number of amides is 2. The van der Waals surface area contributed by atoms with Crippen LogP contribution in [0.5, 0.6) is 0 Å². The predicted molar refractivity (Wildman–Crippen MR) is 68.4 cm³/mol. The van der Waals surface area contributed by atoms with Crippen molar-refractivity contribution in [1.29, 1.82) is 0 Å². The average Bonchev–Trinajstić information content (AvgIpc) is 3.20. The van der Waals surface area contributed by atoms with Crippen molar-refractivity contribution in [2.75, 3.05) is 0 Å². The maximum absolute atomic E-state index is 11.7. The first-order valence-corrected chi connectivity index (χ1v) is 6.31. The Hall–Kier alpha value is -2.11. The van der Waals surface area contributed by atoms with Gasteiger partial charge in [0.1, 0.15) is 0 Å². The first-order valence-electron chi connectivity index (χ1n) is 6.31. The number of hydrogen-bond acceptors (Lipinski definition) is 3. The molecule has 0 spiro atoms. The quantitative estimate of drug-likeness (QED) is 0.717. The molecule has 6 heteroatoms. The Kier molecular flexibility index (Phi) is 4.33. The van der Waals surface area contributed by atoms with Gasteiger partial charge in [0.15, 0.2) is 0 Å². The van der Waals surface area contributed by atoms with Gasteiger partial charge in [-0.25, -0.2) is 4.79 Å². The van der Waals surface area contributed by atoms with Crippen molar-refractivity contribution in [3.8, 4) is 0 Å². The van der Waals surface area contributed by atoms with Gasteiger partial charge in [-0.2, -0.15) is 0 Å². The largest absolute Gasteiger partial charge is 0.481 e. The molecule has 1 aliphatic carbocycles. The van der Waals surface area contributed by atoms with Gasteiger partial charge in [-0.15, -0.1) is 0 Å². The van der Waals surface area contributed by atoms with Crippen LogP contribution in [0.25, 0.3) is 0 Å². The standard InChI is InChI=1S/C13H17N3O3/c17-12(18)7-11(9-4-5-9)16-13(19)15-8-10-3-1-2-6-14-10/h1-3,6,9,11H,4-5,7-8H2,(H,17,18)(H2,15,16,19). The number of hydrogen-bond donors (Lipinski definition) is 3. The Morgan fingerprint density at radius 2 is 2.21 bits per heavy atom. The summed E-state index contributed by atoms with van der Waals surface area (Å²) in [5.74, 6) is -0.585. The average molecular weight is 263 g/mol. The number of aromatic nitrogens is 1. The molecule has 1 saturated carbocycles. The maximum atomic E-state index is 11.7. The number of nitrogens with one attached hydrogen (secondary N) is 2. The molecule has 6 nitrogen and oxygen atoms in total. The second-order valence-electron chi connectivity index (χ2n) is 4.69. The molecule has 0 aliphatic heterocycles. The van der Waals surface area contributed by atoms with Gasteiger partial charge in [-0.3, -0.25) is 9.78 Å². The summed E-state index contributed by atoms with van der Waals surface area (Å²) in [5.41, 5.74) is 0.763. The van der Waals surface area contributed by atoms with Crippen molar-refractivity contribution in [1.82, 2.24) is 15.6 Å². The SMILES string of the molecule is O=C(O)CC(NC(=O)NCc1ccccn1)C1CC1. The molecule has 1 fully saturated rings. The van der Waals surface area contributed by atoms with Crippen LogP contribution in [0.4, 0.5) is 4.79 Å².